The third-order valence-electron chi connectivity index (χ3n) is 4.52. The van der Waals surface area contributed by atoms with E-state index in [-0.39, 0.29) is 11.6 Å². The van der Waals surface area contributed by atoms with Crippen LogP contribution in [0.2, 0.25) is 0 Å². The summed E-state index contributed by atoms with van der Waals surface area (Å²) in [5.74, 6) is 1.76. The maximum atomic E-state index is 10.2. The standard InChI is InChI=1S/C13H27NO/c1-5-10(6-2)11-7-8-13(4,14)12(15)9(11)3/h9-12,15H,5-8,14H2,1-4H3. The van der Waals surface area contributed by atoms with Crippen LogP contribution in [0.3, 0.4) is 0 Å². The molecule has 1 aliphatic rings. The van der Waals surface area contributed by atoms with Crippen LogP contribution in [-0.2, 0) is 0 Å². The molecule has 2 heteroatoms. The van der Waals surface area contributed by atoms with Gasteiger partial charge in [-0.05, 0) is 37.5 Å². The lowest BCUT2D eigenvalue weighted by Crippen LogP contribution is -2.56. The van der Waals surface area contributed by atoms with E-state index in [0.717, 1.165) is 12.3 Å². The van der Waals surface area contributed by atoms with E-state index >= 15 is 0 Å². The summed E-state index contributed by atoms with van der Waals surface area (Å²) in [5, 5.41) is 10.2. The third kappa shape index (κ3) is 2.54. The summed E-state index contributed by atoms with van der Waals surface area (Å²) in [5.41, 5.74) is 5.73. The highest BCUT2D eigenvalue weighted by atomic mass is 16.3. The molecule has 1 fully saturated rings. The van der Waals surface area contributed by atoms with Crippen molar-refractivity contribution in [2.75, 3.05) is 0 Å². The van der Waals surface area contributed by atoms with E-state index in [1.807, 2.05) is 6.92 Å². The lowest BCUT2D eigenvalue weighted by atomic mass is 9.64. The predicted octanol–water partition coefficient (Wildman–Crippen LogP) is 2.55. The van der Waals surface area contributed by atoms with Crippen molar-refractivity contribution in [2.24, 2.45) is 23.5 Å². The van der Waals surface area contributed by atoms with Gasteiger partial charge in [0.15, 0.2) is 0 Å². The van der Waals surface area contributed by atoms with Crippen LogP contribution < -0.4 is 5.73 Å². The molecular formula is C13H27NO. The zero-order chi connectivity index (χ0) is 11.6. The fourth-order valence-corrected chi connectivity index (χ4v) is 3.28. The number of hydrogen-bond acceptors (Lipinski definition) is 2. The Kier molecular flexibility index (Phi) is 4.19. The number of hydrogen-bond donors (Lipinski definition) is 2. The lowest BCUT2D eigenvalue weighted by Gasteiger charge is -2.46. The minimum atomic E-state index is -0.373. The summed E-state index contributed by atoms with van der Waals surface area (Å²) < 4.78 is 0. The van der Waals surface area contributed by atoms with Crippen molar-refractivity contribution >= 4 is 0 Å². The number of nitrogens with two attached hydrogens (primary N) is 1. The Hall–Kier alpha value is -0.0800. The second-order valence-corrected chi connectivity index (χ2v) is 5.59. The minimum Gasteiger partial charge on any atom is -0.391 e. The molecule has 4 unspecified atom stereocenters. The van der Waals surface area contributed by atoms with Crippen LogP contribution in [0.4, 0.5) is 0 Å². The Morgan fingerprint density at radius 2 is 1.93 bits per heavy atom. The number of aliphatic hydroxyl groups is 1. The molecular weight excluding hydrogens is 186 g/mol. The smallest absolute Gasteiger partial charge is 0.0745 e. The summed E-state index contributed by atoms with van der Waals surface area (Å²) in [6.45, 7) is 8.66. The molecule has 1 saturated carbocycles. The molecule has 4 atom stereocenters. The Morgan fingerprint density at radius 3 is 2.40 bits per heavy atom. The van der Waals surface area contributed by atoms with Gasteiger partial charge in [0.25, 0.3) is 0 Å². The van der Waals surface area contributed by atoms with Crippen molar-refractivity contribution in [3.63, 3.8) is 0 Å². The van der Waals surface area contributed by atoms with Crippen LogP contribution in [0.5, 0.6) is 0 Å². The molecule has 90 valence electrons. The topological polar surface area (TPSA) is 46.2 Å². The average molecular weight is 213 g/mol. The van der Waals surface area contributed by atoms with Gasteiger partial charge in [0, 0.05) is 5.54 Å². The van der Waals surface area contributed by atoms with Crippen molar-refractivity contribution < 1.29 is 5.11 Å². The van der Waals surface area contributed by atoms with Crippen molar-refractivity contribution in [2.45, 2.75) is 65.0 Å². The fourth-order valence-electron chi connectivity index (χ4n) is 3.28. The first-order chi connectivity index (χ1) is 6.94. The normalized spacial score (nSPS) is 42.2. The van der Waals surface area contributed by atoms with Crippen molar-refractivity contribution in [3.8, 4) is 0 Å². The summed E-state index contributed by atoms with van der Waals surface area (Å²) in [6, 6.07) is 0. The van der Waals surface area contributed by atoms with Crippen LogP contribution in [0.1, 0.15) is 53.4 Å². The first kappa shape index (κ1) is 13.0. The zero-order valence-electron chi connectivity index (χ0n) is 10.7. The van der Waals surface area contributed by atoms with Gasteiger partial charge in [-0.1, -0.05) is 33.6 Å². The summed E-state index contributed by atoms with van der Waals surface area (Å²) >= 11 is 0. The molecule has 0 amide bonds. The van der Waals surface area contributed by atoms with Crippen LogP contribution in [-0.4, -0.2) is 16.7 Å². The van der Waals surface area contributed by atoms with E-state index in [9.17, 15) is 5.11 Å². The molecule has 0 aromatic rings. The SMILES string of the molecule is CCC(CC)C1CCC(C)(N)C(O)C1C. The van der Waals surface area contributed by atoms with Gasteiger partial charge in [0.1, 0.15) is 0 Å². The summed E-state index contributed by atoms with van der Waals surface area (Å²) in [6.07, 6.45) is 4.24. The molecule has 0 aliphatic heterocycles. The number of aliphatic hydroxyl groups excluding tert-OH is 1. The van der Waals surface area contributed by atoms with Crippen LogP contribution in [0.25, 0.3) is 0 Å². The predicted molar refractivity (Wildman–Crippen MR) is 64.6 cm³/mol. The minimum absolute atomic E-state index is 0.336. The fraction of sp³-hybridized carbons (Fsp3) is 1.00. The lowest BCUT2D eigenvalue weighted by molar-refractivity contribution is -0.0333. The molecule has 0 bridgehead atoms. The summed E-state index contributed by atoms with van der Waals surface area (Å²) in [4.78, 5) is 0. The zero-order valence-corrected chi connectivity index (χ0v) is 10.7. The van der Waals surface area contributed by atoms with E-state index in [1.54, 1.807) is 0 Å². The number of rotatable bonds is 3. The van der Waals surface area contributed by atoms with Gasteiger partial charge < -0.3 is 10.8 Å². The van der Waals surface area contributed by atoms with E-state index in [1.165, 1.54) is 19.3 Å². The largest absolute Gasteiger partial charge is 0.391 e. The molecule has 15 heavy (non-hydrogen) atoms. The van der Waals surface area contributed by atoms with E-state index in [2.05, 4.69) is 20.8 Å². The molecule has 2 nitrogen and oxygen atoms in total. The van der Waals surface area contributed by atoms with E-state index in [0.29, 0.717) is 11.8 Å². The quantitative estimate of drug-likeness (QED) is 0.757. The van der Waals surface area contributed by atoms with Gasteiger partial charge in [-0.25, -0.2) is 0 Å². The summed E-state index contributed by atoms with van der Waals surface area (Å²) in [7, 11) is 0. The maximum absolute atomic E-state index is 10.2. The second kappa shape index (κ2) is 4.84. The first-order valence-corrected chi connectivity index (χ1v) is 6.41. The second-order valence-electron chi connectivity index (χ2n) is 5.59. The van der Waals surface area contributed by atoms with Gasteiger partial charge >= 0.3 is 0 Å². The van der Waals surface area contributed by atoms with Crippen molar-refractivity contribution in [3.05, 3.63) is 0 Å². The Balaban J connectivity index is 2.71. The highest BCUT2D eigenvalue weighted by Crippen LogP contribution is 2.41. The van der Waals surface area contributed by atoms with Crippen molar-refractivity contribution in [1.82, 2.24) is 0 Å². The molecule has 1 rings (SSSR count). The van der Waals surface area contributed by atoms with Gasteiger partial charge in [0.2, 0.25) is 0 Å². The Bertz CT molecular complexity index is 199. The Morgan fingerprint density at radius 1 is 1.40 bits per heavy atom. The van der Waals surface area contributed by atoms with E-state index < -0.39 is 0 Å². The van der Waals surface area contributed by atoms with Gasteiger partial charge in [-0.15, -0.1) is 0 Å². The van der Waals surface area contributed by atoms with Gasteiger partial charge in [0.05, 0.1) is 6.10 Å². The maximum Gasteiger partial charge on any atom is 0.0745 e. The molecule has 0 aromatic heterocycles. The van der Waals surface area contributed by atoms with Crippen LogP contribution in [0.15, 0.2) is 0 Å². The highest BCUT2D eigenvalue weighted by Gasteiger charge is 2.42. The average Bonchev–Trinajstić information content (AvgIpc) is 2.20. The molecule has 0 spiro atoms. The molecule has 0 heterocycles. The van der Waals surface area contributed by atoms with Crippen molar-refractivity contribution in [1.29, 1.82) is 0 Å². The molecule has 0 aromatic carbocycles. The van der Waals surface area contributed by atoms with E-state index in [4.69, 9.17) is 5.73 Å². The monoisotopic (exact) mass is 213 g/mol. The molecule has 0 radical (unpaired) electrons. The molecule has 0 saturated heterocycles. The van der Waals surface area contributed by atoms with Gasteiger partial charge in [-0.2, -0.15) is 0 Å². The highest BCUT2D eigenvalue weighted by molar-refractivity contribution is 4.98. The Labute approximate surface area is 94.2 Å². The molecule has 3 N–H and O–H groups in total. The third-order valence-corrected chi connectivity index (χ3v) is 4.52. The van der Waals surface area contributed by atoms with Crippen LogP contribution in [0, 0.1) is 17.8 Å². The first-order valence-electron chi connectivity index (χ1n) is 6.41. The van der Waals surface area contributed by atoms with Crippen LogP contribution >= 0.6 is 0 Å². The van der Waals surface area contributed by atoms with Gasteiger partial charge in [-0.3, -0.25) is 0 Å². The molecule has 1 aliphatic carbocycles.